The first kappa shape index (κ1) is 17.9. The van der Waals surface area contributed by atoms with Gasteiger partial charge in [-0.15, -0.1) is 0 Å². The smallest absolute Gasteiger partial charge is 0.354 e. The van der Waals surface area contributed by atoms with Gasteiger partial charge in [-0.05, 0) is 52.3 Å². The fraction of sp³-hybridized carbons (Fsp3) is 0.0588. The van der Waals surface area contributed by atoms with Gasteiger partial charge in [0, 0.05) is 26.0 Å². The molecule has 3 nitrogen and oxygen atoms in total. The highest BCUT2D eigenvalue weighted by Gasteiger charge is 2.41. The Kier molecular flexibility index (Phi) is 4.83. The molecule has 0 saturated heterocycles. The van der Waals surface area contributed by atoms with E-state index in [1.165, 1.54) is 12.1 Å². The summed E-state index contributed by atoms with van der Waals surface area (Å²) in [6, 6.07) is 8.15. The van der Waals surface area contributed by atoms with Crippen LogP contribution in [0.15, 0.2) is 45.5 Å². The highest BCUT2D eigenvalue weighted by atomic mass is 79.9. The number of ketones is 1. The number of hydrogen-bond acceptors (Lipinski definition) is 2. The number of nitrogens with zero attached hydrogens (tertiary/aromatic N) is 1. The third kappa shape index (κ3) is 3.85. The van der Waals surface area contributed by atoms with E-state index in [2.05, 4.69) is 41.8 Å². The van der Waals surface area contributed by atoms with Crippen molar-refractivity contribution in [3.63, 3.8) is 0 Å². The van der Waals surface area contributed by atoms with Gasteiger partial charge in [0.25, 0.3) is 5.78 Å². The van der Waals surface area contributed by atoms with Crippen LogP contribution in [-0.2, 0) is 0 Å². The molecule has 25 heavy (non-hydrogen) atoms. The van der Waals surface area contributed by atoms with Crippen LogP contribution in [0, 0.1) is 0 Å². The number of pyridine rings is 1. The third-order valence-electron chi connectivity index (χ3n) is 3.45. The van der Waals surface area contributed by atoms with Crippen LogP contribution in [0.2, 0.25) is 0 Å². The molecule has 0 atom stereocenters. The summed E-state index contributed by atoms with van der Waals surface area (Å²) in [4.78, 5) is 18.9. The SMILES string of the molecule is O=C(c1c(/C=C/c2ccc(Br)cn2)[nH]c2cc(Br)ccc12)C(F)(F)F. The van der Waals surface area contributed by atoms with E-state index in [-0.39, 0.29) is 11.1 Å². The van der Waals surface area contributed by atoms with Crippen molar-refractivity contribution < 1.29 is 18.0 Å². The number of carbonyl (C=O) groups is 1. The topological polar surface area (TPSA) is 45.8 Å². The van der Waals surface area contributed by atoms with E-state index in [1.54, 1.807) is 36.5 Å². The Morgan fingerprint density at radius 3 is 2.44 bits per heavy atom. The number of Topliss-reactive ketones (excluding diaryl/α,β-unsaturated/α-hetero) is 1. The zero-order valence-corrected chi connectivity index (χ0v) is 15.5. The summed E-state index contributed by atoms with van der Waals surface area (Å²) < 4.78 is 40.5. The second-order valence-corrected chi connectivity index (χ2v) is 7.00. The van der Waals surface area contributed by atoms with Crippen molar-refractivity contribution in [3.05, 3.63) is 62.4 Å². The molecule has 0 aliphatic heterocycles. The average Bonchev–Trinajstić information content (AvgIpc) is 2.89. The molecule has 0 unspecified atom stereocenters. The van der Waals surface area contributed by atoms with Gasteiger partial charge in [0.15, 0.2) is 0 Å². The first-order valence-electron chi connectivity index (χ1n) is 6.98. The number of hydrogen-bond donors (Lipinski definition) is 1. The summed E-state index contributed by atoms with van der Waals surface area (Å²) in [5, 5.41) is 0.217. The van der Waals surface area contributed by atoms with Gasteiger partial charge in [0.2, 0.25) is 0 Å². The lowest BCUT2D eigenvalue weighted by Gasteiger charge is -2.05. The minimum absolute atomic E-state index is 0.0835. The van der Waals surface area contributed by atoms with Crippen LogP contribution >= 0.6 is 31.9 Å². The molecular formula is C17H9Br2F3N2O. The second-order valence-electron chi connectivity index (χ2n) is 5.17. The Labute approximate surface area is 157 Å². The predicted octanol–water partition coefficient (Wildman–Crippen LogP) is 6.00. The van der Waals surface area contributed by atoms with E-state index in [0.29, 0.717) is 15.7 Å². The van der Waals surface area contributed by atoms with E-state index >= 15 is 0 Å². The molecule has 0 fully saturated rings. The number of aromatic amines is 1. The molecule has 3 rings (SSSR count). The minimum atomic E-state index is -4.96. The van der Waals surface area contributed by atoms with Gasteiger partial charge in [0.05, 0.1) is 17.0 Å². The maximum atomic E-state index is 13.0. The zero-order valence-electron chi connectivity index (χ0n) is 12.4. The molecule has 0 radical (unpaired) electrons. The van der Waals surface area contributed by atoms with Gasteiger partial charge in [-0.1, -0.05) is 22.0 Å². The maximum Gasteiger partial charge on any atom is 0.454 e. The summed E-state index contributed by atoms with van der Waals surface area (Å²) >= 11 is 6.52. The monoisotopic (exact) mass is 472 g/mol. The van der Waals surface area contributed by atoms with Crippen LogP contribution in [0.25, 0.3) is 23.1 Å². The van der Waals surface area contributed by atoms with Crippen LogP contribution in [0.1, 0.15) is 21.7 Å². The van der Waals surface area contributed by atoms with E-state index in [4.69, 9.17) is 0 Å². The van der Waals surface area contributed by atoms with Gasteiger partial charge < -0.3 is 4.98 Å². The molecule has 0 aliphatic rings. The number of fused-ring (bicyclic) bond motifs is 1. The zero-order chi connectivity index (χ0) is 18.2. The Morgan fingerprint density at radius 1 is 1.08 bits per heavy atom. The normalized spacial score (nSPS) is 12.2. The Hall–Kier alpha value is -1.93. The largest absolute Gasteiger partial charge is 0.454 e. The lowest BCUT2D eigenvalue weighted by atomic mass is 10.1. The summed E-state index contributed by atoms with van der Waals surface area (Å²) in [7, 11) is 0. The maximum absolute atomic E-state index is 13.0. The molecule has 0 aliphatic carbocycles. The number of nitrogens with one attached hydrogen (secondary N) is 1. The molecule has 8 heteroatoms. The molecule has 128 valence electrons. The Morgan fingerprint density at radius 2 is 1.80 bits per heavy atom. The lowest BCUT2D eigenvalue weighted by Crippen LogP contribution is -2.23. The molecule has 1 N–H and O–H groups in total. The first-order chi connectivity index (χ1) is 11.8. The van der Waals surface area contributed by atoms with Crippen molar-refractivity contribution in [3.8, 4) is 0 Å². The van der Waals surface area contributed by atoms with Crippen molar-refractivity contribution in [1.82, 2.24) is 9.97 Å². The number of halogens is 5. The van der Waals surface area contributed by atoms with E-state index < -0.39 is 17.5 Å². The molecule has 2 aromatic heterocycles. The van der Waals surface area contributed by atoms with Crippen molar-refractivity contribution in [2.24, 2.45) is 0 Å². The molecule has 1 aromatic carbocycles. The third-order valence-corrected chi connectivity index (χ3v) is 4.41. The number of rotatable bonds is 3. The number of aromatic nitrogens is 2. The van der Waals surface area contributed by atoms with Crippen molar-refractivity contribution in [2.75, 3.05) is 0 Å². The summed E-state index contributed by atoms with van der Waals surface area (Å²) in [5.41, 5.74) is 0.669. The predicted molar refractivity (Wildman–Crippen MR) is 97.2 cm³/mol. The van der Waals surface area contributed by atoms with Crippen LogP contribution in [0.3, 0.4) is 0 Å². The van der Waals surface area contributed by atoms with E-state index in [1.807, 2.05) is 0 Å². The fourth-order valence-corrected chi connectivity index (χ4v) is 2.95. The number of alkyl halides is 3. The standard InChI is InChI=1S/C17H9Br2F3N2O/c18-9-2-5-12-14(7-9)24-13(15(12)16(25)17(20,21)22)6-4-11-3-1-10(19)8-23-11/h1-8,24H/b6-4+. The summed E-state index contributed by atoms with van der Waals surface area (Å²) in [6.07, 6.45) is -0.424. The van der Waals surface area contributed by atoms with Crippen LogP contribution in [-0.4, -0.2) is 21.9 Å². The Bertz CT molecular complexity index is 976. The van der Waals surface area contributed by atoms with E-state index in [9.17, 15) is 18.0 Å². The highest BCUT2D eigenvalue weighted by Crippen LogP contribution is 2.32. The number of benzene rings is 1. The van der Waals surface area contributed by atoms with Gasteiger partial charge in [0.1, 0.15) is 0 Å². The molecule has 0 saturated carbocycles. The number of H-pyrrole nitrogens is 1. The first-order valence-corrected chi connectivity index (χ1v) is 8.56. The second kappa shape index (κ2) is 6.76. The molecule has 0 bridgehead atoms. The van der Waals surface area contributed by atoms with Gasteiger partial charge in [-0.2, -0.15) is 13.2 Å². The van der Waals surface area contributed by atoms with Crippen LogP contribution in [0.5, 0.6) is 0 Å². The molecule has 0 spiro atoms. The van der Waals surface area contributed by atoms with Crippen LogP contribution in [0.4, 0.5) is 13.2 Å². The van der Waals surface area contributed by atoms with Crippen molar-refractivity contribution >= 4 is 60.7 Å². The molecule has 3 aromatic rings. The number of carbonyl (C=O) groups excluding carboxylic acids is 1. The fourth-order valence-electron chi connectivity index (χ4n) is 2.36. The summed E-state index contributed by atoms with van der Waals surface area (Å²) in [6.45, 7) is 0. The lowest BCUT2D eigenvalue weighted by molar-refractivity contribution is -0.0884. The van der Waals surface area contributed by atoms with Gasteiger partial charge in [-0.3, -0.25) is 9.78 Å². The Balaban J connectivity index is 2.13. The minimum Gasteiger partial charge on any atom is -0.354 e. The van der Waals surface area contributed by atoms with Crippen LogP contribution < -0.4 is 0 Å². The van der Waals surface area contributed by atoms with Gasteiger partial charge in [-0.25, -0.2) is 0 Å². The van der Waals surface area contributed by atoms with Crippen molar-refractivity contribution in [1.29, 1.82) is 0 Å². The average molecular weight is 474 g/mol. The molecule has 2 heterocycles. The van der Waals surface area contributed by atoms with E-state index in [0.717, 1.165) is 4.47 Å². The van der Waals surface area contributed by atoms with Gasteiger partial charge >= 0.3 is 6.18 Å². The molecular weight excluding hydrogens is 465 g/mol. The molecule has 0 amide bonds. The highest BCUT2D eigenvalue weighted by molar-refractivity contribution is 9.10. The quantitative estimate of drug-likeness (QED) is 0.474. The van der Waals surface area contributed by atoms with Crippen molar-refractivity contribution in [2.45, 2.75) is 6.18 Å². The summed E-state index contributed by atoms with van der Waals surface area (Å²) in [5.74, 6) is -1.88.